The van der Waals surface area contributed by atoms with Gasteiger partial charge in [0, 0.05) is 30.9 Å². The van der Waals surface area contributed by atoms with Gasteiger partial charge >= 0.3 is 0 Å². The number of hydrogen-bond acceptors (Lipinski definition) is 4. The van der Waals surface area contributed by atoms with Gasteiger partial charge < -0.3 is 5.32 Å². The second-order valence-corrected chi connectivity index (χ2v) is 4.26. The van der Waals surface area contributed by atoms with Crippen molar-refractivity contribution in [3.63, 3.8) is 0 Å². The minimum atomic E-state index is 0.795. The molecule has 2 aromatic rings. The van der Waals surface area contributed by atoms with Crippen LogP contribution in [0.15, 0.2) is 30.9 Å². The Morgan fingerprint density at radius 1 is 1.28 bits per heavy atom. The predicted molar refractivity (Wildman–Crippen MR) is 72.6 cm³/mol. The van der Waals surface area contributed by atoms with E-state index in [4.69, 9.17) is 0 Å². The standard InChI is InChI=1S/C14H18N4/c1-3-6-16-14-11(2)13(17-10-18-14)8-12-5-4-7-15-9-12/h4-5,7,9-10H,3,6,8H2,1-2H3,(H,16,17,18). The number of rotatable bonds is 5. The lowest BCUT2D eigenvalue weighted by Gasteiger charge is -2.10. The lowest BCUT2D eigenvalue weighted by Crippen LogP contribution is -2.07. The fourth-order valence-corrected chi connectivity index (χ4v) is 1.78. The van der Waals surface area contributed by atoms with E-state index >= 15 is 0 Å². The van der Waals surface area contributed by atoms with E-state index in [-0.39, 0.29) is 0 Å². The van der Waals surface area contributed by atoms with Gasteiger partial charge in [-0.05, 0) is 25.0 Å². The zero-order valence-corrected chi connectivity index (χ0v) is 10.8. The monoisotopic (exact) mass is 242 g/mol. The Morgan fingerprint density at radius 2 is 2.17 bits per heavy atom. The quantitative estimate of drug-likeness (QED) is 0.875. The molecule has 0 saturated carbocycles. The molecule has 2 aromatic heterocycles. The van der Waals surface area contributed by atoms with Crippen molar-refractivity contribution in [1.82, 2.24) is 15.0 Å². The normalized spacial score (nSPS) is 10.3. The first kappa shape index (κ1) is 12.5. The Bertz CT molecular complexity index is 496. The molecule has 0 aliphatic carbocycles. The number of anilines is 1. The molecule has 0 bridgehead atoms. The third-order valence-electron chi connectivity index (χ3n) is 2.83. The minimum absolute atomic E-state index is 0.795. The summed E-state index contributed by atoms with van der Waals surface area (Å²) in [7, 11) is 0. The van der Waals surface area contributed by atoms with Crippen LogP contribution in [0.3, 0.4) is 0 Å². The third-order valence-corrected chi connectivity index (χ3v) is 2.83. The van der Waals surface area contributed by atoms with E-state index in [1.807, 2.05) is 12.3 Å². The van der Waals surface area contributed by atoms with Crippen LogP contribution in [0, 0.1) is 6.92 Å². The summed E-state index contributed by atoms with van der Waals surface area (Å²) in [5.74, 6) is 0.936. The molecule has 2 heterocycles. The van der Waals surface area contributed by atoms with Gasteiger partial charge in [-0.15, -0.1) is 0 Å². The minimum Gasteiger partial charge on any atom is -0.370 e. The molecule has 0 aliphatic heterocycles. The van der Waals surface area contributed by atoms with E-state index in [1.165, 1.54) is 5.56 Å². The molecule has 0 amide bonds. The van der Waals surface area contributed by atoms with Gasteiger partial charge in [0.1, 0.15) is 12.1 Å². The van der Waals surface area contributed by atoms with E-state index in [0.29, 0.717) is 0 Å². The van der Waals surface area contributed by atoms with Crippen molar-refractivity contribution in [3.05, 3.63) is 47.7 Å². The van der Waals surface area contributed by atoms with Crippen molar-refractivity contribution >= 4 is 5.82 Å². The second kappa shape index (κ2) is 6.10. The summed E-state index contributed by atoms with van der Waals surface area (Å²) in [6.45, 7) is 5.13. The SMILES string of the molecule is CCCNc1ncnc(Cc2cccnc2)c1C. The van der Waals surface area contributed by atoms with Gasteiger partial charge in [-0.25, -0.2) is 9.97 Å². The largest absolute Gasteiger partial charge is 0.370 e. The van der Waals surface area contributed by atoms with Crippen LogP contribution in [-0.4, -0.2) is 21.5 Å². The molecule has 0 spiro atoms. The van der Waals surface area contributed by atoms with Gasteiger partial charge in [-0.2, -0.15) is 0 Å². The van der Waals surface area contributed by atoms with Crippen LogP contribution in [0.1, 0.15) is 30.2 Å². The van der Waals surface area contributed by atoms with Crippen LogP contribution in [-0.2, 0) is 6.42 Å². The molecule has 0 unspecified atom stereocenters. The van der Waals surface area contributed by atoms with Crippen molar-refractivity contribution in [1.29, 1.82) is 0 Å². The van der Waals surface area contributed by atoms with Crippen LogP contribution in [0.25, 0.3) is 0 Å². The van der Waals surface area contributed by atoms with Gasteiger partial charge in [0.25, 0.3) is 0 Å². The van der Waals surface area contributed by atoms with Crippen molar-refractivity contribution in [2.24, 2.45) is 0 Å². The number of nitrogens with one attached hydrogen (secondary N) is 1. The summed E-state index contributed by atoms with van der Waals surface area (Å²) in [5, 5.41) is 3.32. The highest BCUT2D eigenvalue weighted by Crippen LogP contribution is 2.16. The Hall–Kier alpha value is -1.97. The highest BCUT2D eigenvalue weighted by atomic mass is 15.0. The van der Waals surface area contributed by atoms with Crippen LogP contribution in [0.2, 0.25) is 0 Å². The fourth-order valence-electron chi connectivity index (χ4n) is 1.78. The third kappa shape index (κ3) is 3.03. The molecule has 0 aliphatic rings. The number of aromatic nitrogens is 3. The van der Waals surface area contributed by atoms with E-state index < -0.39 is 0 Å². The first-order valence-electron chi connectivity index (χ1n) is 6.24. The number of hydrogen-bond donors (Lipinski definition) is 1. The highest BCUT2D eigenvalue weighted by Gasteiger charge is 2.07. The molecule has 0 saturated heterocycles. The zero-order chi connectivity index (χ0) is 12.8. The van der Waals surface area contributed by atoms with Crippen LogP contribution in [0.5, 0.6) is 0 Å². The summed E-state index contributed by atoms with van der Waals surface area (Å²) < 4.78 is 0. The molecule has 1 N–H and O–H groups in total. The van der Waals surface area contributed by atoms with Crippen molar-refractivity contribution in [2.75, 3.05) is 11.9 Å². The van der Waals surface area contributed by atoms with E-state index in [0.717, 1.165) is 36.5 Å². The number of pyridine rings is 1. The molecule has 18 heavy (non-hydrogen) atoms. The first-order valence-corrected chi connectivity index (χ1v) is 6.24. The predicted octanol–water partition coefficient (Wildman–Crippen LogP) is 2.59. The maximum Gasteiger partial charge on any atom is 0.132 e. The fraction of sp³-hybridized carbons (Fsp3) is 0.357. The topological polar surface area (TPSA) is 50.7 Å². The van der Waals surface area contributed by atoms with Gasteiger partial charge in [0.2, 0.25) is 0 Å². The van der Waals surface area contributed by atoms with Crippen LogP contribution in [0.4, 0.5) is 5.82 Å². The van der Waals surface area contributed by atoms with Crippen molar-refractivity contribution in [2.45, 2.75) is 26.7 Å². The molecular weight excluding hydrogens is 224 g/mol. The zero-order valence-electron chi connectivity index (χ0n) is 10.8. The lowest BCUT2D eigenvalue weighted by molar-refractivity contribution is 0.939. The Labute approximate surface area is 108 Å². The summed E-state index contributed by atoms with van der Waals surface area (Å²) in [6, 6.07) is 4.01. The van der Waals surface area contributed by atoms with E-state index in [1.54, 1.807) is 12.5 Å². The molecule has 0 atom stereocenters. The summed E-state index contributed by atoms with van der Waals surface area (Å²) >= 11 is 0. The van der Waals surface area contributed by atoms with E-state index in [9.17, 15) is 0 Å². The van der Waals surface area contributed by atoms with Gasteiger partial charge in [-0.1, -0.05) is 13.0 Å². The molecule has 4 heteroatoms. The van der Waals surface area contributed by atoms with Crippen molar-refractivity contribution < 1.29 is 0 Å². The van der Waals surface area contributed by atoms with Crippen molar-refractivity contribution in [3.8, 4) is 0 Å². The van der Waals surface area contributed by atoms with Gasteiger partial charge in [-0.3, -0.25) is 4.98 Å². The Balaban J connectivity index is 2.18. The summed E-state index contributed by atoms with van der Waals surface area (Å²) in [5.41, 5.74) is 3.34. The first-order chi connectivity index (χ1) is 8.81. The number of nitrogens with zero attached hydrogens (tertiary/aromatic N) is 3. The van der Waals surface area contributed by atoms with Gasteiger partial charge in [0.05, 0.1) is 5.69 Å². The molecule has 0 aromatic carbocycles. The second-order valence-electron chi connectivity index (χ2n) is 4.26. The summed E-state index contributed by atoms with van der Waals surface area (Å²) in [4.78, 5) is 12.8. The molecule has 94 valence electrons. The Morgan fingerprint density at radius 3 is 2.89 bits per heavy atom. The average Bonchev–Trinajstić information content (AvgIpc) is 2.41. The lowest BCUT2D eigenvalue weighted by atomic mass is 10.1. The molecule has 0 radical (unpaired) electrons. The molecule has 2 rings (SSSR count). The van der Waals surface area contributed by atoms with E-state index in [2.05, 4.69) is 40.2 Å². The molecule has 0 fully saturated rings. The Kier molecular flexibility index (Phi) is 4.23. The average molecular weight is 242 g/mol. The highest BCUT2D eigenvalue weighted by molar-refractivity contribution is 5.45. The smallest absolute Gasteiger partial charge is 0.132 e. The van der Waals surface area contributed by atoms with Crippen LogP contribution < -0.4 is 5.32 Å². The molecular formula is C14H18N4. The summed E-state index contributed by atoms with van der Waals surface area (Å²) in [6.07, 6.45) is 7.16. The van der Waals surface area contributed by atoms with Crippen LogP contribution >= 0.6 is 0 Å². The molecule has 4 nitrogen and oxygen atoms in total. The maximum absolute atomic E-state index is 4.36. The maximum atomic E-state index is 4.36. The van der Waals surface area contributed by atoms with Gasteiger partial charge in [0.15, 0.2) is 0 Å².